The van der Waals surface area contributed by atoms with Gasteiger partial charge in [-0.25, -0.2) is 0 Å². The van der Waals surface area contributed by atoms with E-state index < -0.39 is 0 Å². The van der Waals surface area contributed by atoms with E-state index in [2.05, 4.69) is 78.9 Å². The Kier molecular flexibility index (Phi) is 2.71. The molecule has 0 radical (unpaired) electrons. The van der Waals surface area contributed by atoms with Gasteiger partial charge in [0.15, 0.2) is 0 Å². The number of rotatable bonds is 0. The fourth-order valence-electron chi connectivity index (χ4n) is 5.70. The Hall–Kier alpha value is -3.26. The van der Waals surface area contributed by atoms with Gasteiger partial charge in [0, 0.05) is 23.2 Å². The summed E-state index contributed by atoms with van der Waals surface area (Å²) in [6.07, 6.45) is 6.60. The number of hydrogen-bond acceptors (Lipinski definition) is 2. The van der Waals surface area contributed by atoms with Crippen molar-refractivity contribution in [1.29, 1.82) is 0 Å². The van der Waals surface area contributed by atoms with Crippen LogP contribution >= 0.6 is 0 Å². The van der Waals surface area contributed by atoms with E-state index >= 15 is 0 Å². The van der Waals surface area contributed by atoms with E-state index in [1.54, 1.807) is 0 Å². The third kappa shape index (κ3) is 1.66. The van der Waals surface area contributed by atoms with Gasteiger partial charge in [-0.15, -0.1) is 0 Å². The lowest BCUT2D eigenvalue weighted by Gasteiger charge is -2.36. The summed E-state index contributed by atoms with van der Waals surface area (Å²) in [4.78, 5) is 0. The zero-order valence-corrected chi connectivity index (χ0v) is 14.9. The molecule has 3 atom stereocenters. The number of nitrogen functional groups attached to an aromatic ring is 1. The van der Waals surface area contributed by atoms with Gasteiger partial charge in [-0.2, -0.15) is 0 Å². The van der Waals surface area contributed by atoms with Gasteiger partial charge in [0.1, 0.15) is 0 Å². The molecule has 0 heterocycles. The van der Waals surface area contributed by atoms with Crippen molar-refractivity contribution in [2.75, 3.05) is 5.73 Å². The van der Waals surface area contributed by atoms with Crippen LogP contribution < -0.4 is 11.5 Å². The van der Waals surface area contributed by atoms with Gasteiger partial charge in [0.05, 0.1) is 5.41 Å². The predicted octanol–water partition coefficient (Wildman–Crippen LogP) is 4.71. The van der Waals surface area contributed by atoms with Gasteiger partial charge < -0.3 is 11.5 Å². The normalized spacial score (nSPS) is 26.3. The quantitative estimate of drug-likeness (QED) is 0.578. The van der Waals surface area contributed by atoms with E-state index in [0.717, 1.165) is 11.4 Å². The SMILES string of the molecule is NC1=CC2C(C=C1)c1ccccc1C21c2ccccc2-c2ccc(N)cc21. The molecule has 0 saturated heterocycles. The van der Waals surface area contributed by atoms with Crippen LogP contribution in [0.1, 0.15) is 28.2 Å². The fourth-order valence-corrected chi connectivity index (χ4v) is 5.70. The molecule has 0 fully saturated rings. The summed E-state index contributed by atoms with van der Waals surface area (Å²) in [5.41, 5.74) is 22.0. The Morgan fingerprint density at radius 3 is 2.37 bits per heavy atom. The van der Waals surface area contributed by atoms with Gasteiger partial charge >= 0.3 is 0 Å². The Morgan fingerprint density at radius 2 is 1.48 bits per heavy atom. The largest absolute Gasteiger partial charge is 0.399 e. The third-order valence-electron chi connectivity index (χ3n) is 6.61. The fraction of sp³-hybridized carbons (Fsp3) is 0.120. The predicted molar refractivity (Wildman–Crippen MR) is 110 cm³/mol. The highest BCUT2D eigenvalue weighted by molar-refractivity contribution is 5.87. The van der Waals surface area contributed by atoms with Gasteiger partial charge in [-0.3, -0.25) is 0 Å². The lowest BCUT2D eigenvalue weighted by Crippen LogP contribution is -2.33. The number of nitrogens with two attached hydrogens (primary N) is 2. The molecular formula is C25H20N2. The molecule has 1 spiro atoms. The van der Waals surface area contributed by atoms with E-state index in [0.29, 0.717) is 5.92 Å². The summed E-state index contributed by atoms with van der Waals surface area (Å²) in [5.74, 6) is 0.582. The van der Waals surface area contributed by atoms with Crippen LogP contribution in [-0.4, -0.2) is 0 Å². The second kappa shape index (κ2) is 4.92. The Labute approximate surface area is 158 Å². The van der Waals surface area contributed by atoms with Crippen LogP contribution in [0.15, 0.2) is 90.7 Å². The van der Waals surface area contributed by atoms with Crippen molar-refractivity contribution in [3.05, 3.63) is 113 Å². The number of hydrogen-bond donors (Lipinski definition) is 2. The van der Waals surface area contributed by atoms with Crippen LogP contribution in [0.2, 0.25) is 0 Å². The van der Waals surface area contributed by atoms with Crippen LogP contribution in [0.3, 0.4) is 0 Å². The number of benzene rings is 3. The monoisotopic (exact) mass is 348 g/mol. The second-order valence-electron chi connectivity index (χ2n) is 7.82. The molecule has 3 aliphatic rings. The van der Waals surface area contributed by atoms with E-state index in [1.807, 2.05) is 6.07 Å². The highest BCUT2D eigenvalue weighted by Gasteiger charge is 2.57. The number of fused-ring (bicyclic) bond motifs is 10. The van der Waals surface area contributed by atoms with Gasteiger partial charge in [-0.05, 0) is 51.6 Å². The van der Waals surface area contributed by atoms with Crippen molar-refractivity contribution < 1.29 is 0 Å². The van der Waals surface area contributed by atoms with Crippen LogP contribution in [0, 0.1) is 5.92 Å². The topological polar surface area (TPSA) is 52.0 Å². The second-order valence-corrected chi connectivity index (χ2v) is 7.82. The molecule has 0 saturated carbocycles. The summed E-state index contributed by atoms with van der Waals surface area (Å²) >= 11 is 0. The van der Waals surface area contributed by atoms with Crippen LogP contribution in [0.4, 0.5) is 5.69 Å². The van der Waals surface area contributed by atoms with Crippen molar-refractivity contribution in [2.45, 2.75) is 11.3 Å². The first kappa shape index (κ1) is 14.9. The molecule has 3 aliphatic carbocycles. The maximum absolute atomic E-state index is 6.30. The zero-order valence-electron chi connectivity index (χ0n) is 14.9. The Balaban J connectivity index is 1.80. The average molecular weight is 348 g/mol. The molecule has 3 aromatic carbocycles. The van der Waals surface area contributed by atoms with Crippen molar-refractivity contribution in [2.24, 2.45) is 11.7 Å². The molecule has 3 unspecified atom stereocenters. The molecule has 3 aromatic rings. The standard InChI is InChI=1S/C25H20N2/c26-15-9-11-19-17-5-1-3-7-21(17)25(23(19)13-15)22-8-4-2-6-18(22)20-12-10-16(27)14-24(20)25/h1-14,19,23H,26-27H2. The average Bonchev–Trinajstić information content (AvgIpc) is 3.14. The minimum absolute atomic E-state index is 0.238. The van der Waals surface area contributed by atoms with Gasteiger partial charge in [0.2, 0.25) is 0 Å². The van der Waals surface area contributed by atoms with E-state index in [-0.39, 0.29) is 11.3 Å². The molecule has 0 aromatic heterocycles. The molecule has 6 rings (SSSR count). The lowest BCUT2D eigenvalue weighted by molar-refractivity contribution is 0.463. The van der Waals surface area contributed by atoms with Gasteiger partial charge in [0.25, 0.3) is 0 Å². The number of allylic oxidation sites excluding steroid dienone is 3. The molecule has 0 aliphatic heterocycles. The van der Waals surface area contributed by atoms with E-state index in [1.165, 1.54) is 33.4 Å². The minimum atomic E-state index is -0.238. The molecule has 2 heteroatoms. The third-order valence-corrected chi connectivity index (χ3v) is 6.61. The van der Waals surface area contributed by atoms with Crippen LogP contribution in [0.5, 0.6) is 0 Å². The lowest BCUT2D eigenvalue weighted by atomic mass is 9.65. The highest BCUT2D eigenvalue weighted by atomic mass is 14.6. The maximum Gasteiger partial charge on any atom is 0.0539 e. The molecule has 0 bridgehead atoms. The van der Waals surface area contributed by atoms with Crippen LogP contribution in [-0.2, 0) is 5.41 Å². The van der Waals surface area contributed by atoms with E-state index in [9.17, 15) is 0 Å². The molecular weight excluding hydrogens is 328 g/mol. The van der Waals surface area contributed by atoms with Crippen molar-refractivity contribution >= 4 is 5.69 Å². The Morgan fingerprint density at radius 1 is 0.741 bits per heavy atom. The van der Waals surface area contributed by atoms with Crippen LogP contribution in [0.25, 0.3) is 11.1 Å². The number of anilines is 1. The summed E-state index contributed by atoms with van der Waals surface area (Å²) in [5, 5.41) is 0. The molecule has 0 amide bonds. The summed E-state index contributed by atoms with van der Waals surface area (Å²) in [7, 11) is 0. The summed E-state index contributed by atoms with van der Waals surface area (Å²) in [6.45, 7) is 0. The van der Waals surface area contributed by atoms with Crippen molar-refractivity contribution in [3.8, 4) is 11.1 Å². The zero-order chi connectivity index (χ0) is 18.2. The minimum Gasteiger partial charge on any atom is -0.399 e. The van der Waals surface area contributed by atoms with Crippen molar-refractivity contribution in [3.63, 3.8) is 0 Å². The first-order valence-corrected chi connectivity index (χ1v) is 9.46. The highest BCUT2D eigenvalue weighted by Crippen LogP contribution is 2.65. The van der Waals surface area contributed by atoms with Crippen molar-refractivity contribution in [1.82, 2.24) is 0 Å². The first-order chi connectivity index (χ1) is 13.2. The summed E-state index contributed by atoms with van der Waals surface area (Å²) in [6, 6.07) is 24.0. The first-order valence-electron chi connectivity index (χ1n) is 9.46. The molecule has 4 N–H and O–H groups in total. The molecule has 2 nitrogen and oxygen atoms in total. The molecule has 130 valence electrons. The Bertz CT molecular complexity index is 1170. The van der Waals surface area contributed by atoms with Gasteiger partial charge in [-0.1, -0.05) is 66.7 Å². The summed E-state index contributed by atoms with van der Waals surface area (Å²) < 4.78 is 0. The van der Waals surface area contributed by atoms with E-state index in [4.69, 9.17) is 11.5 Å². The molecule has 27 heavy (non-hydrogen) atoms. The smallest absolute Gasteiger partial charge is 0.0539 e. The maximum atomic E-state index is 6.30.